The summed E-state index contributed by atoms with van der Waals surface area (Å²) in [4.78, 5) is 34.6. The van der Waals surface area contributed by atoms with Crippen LogP contribution >= 0.6 is 7.82 Å². The van der Waals surface area contributed by atoms with Gasteiger partial charge in [0.2, 0.25) is 0 Å². The van der Waals surface area contributed by atoms with E-state index in [1.807, 2.05) is 0 Å². The van der Waals surface area contributed by atoms with Crippen LogP contribution in [0.4, 0.5) is 0 Å². The Morgan fingerprint density at radius 3 is 1.40 bits per heavy atom. The van der Waals surface area contributed by atoms with Crippen molar-refractivity contribution in [2.75, 3.05) is 0 Å². The molecule has 0 rings (SSSR count). The SMILES string of the molecule is CC(=O)O.O=P([O-])([O-])[O-].[Cu+3]. The molecule has 0 aromatic heterocycles. The van der Waals surface area contributed by atoms with Gasteiger partial charge in [0.25, 0.3) is 5.97 Å². The molecule has 0 aliphatic heterocycles. The maximum Gasteiger partial charge on any atom is 3.00 e. The predicted octanol–water partition coefficient (Wildman–Crippen LogP) is -2.74. The van der Waals surface area contributed by atoms with Crippen LogP contribution in [0.5, 0.6) is 0 Å². The molecule has 0 spiro atoms. The Morgan fingerprint density at radius 1 is 1.40 bits per heavy atom. The summed E-state index contributed by atoms with van der Waals surface area (Å²) in [5.74, 6) is -0.833. The molecule has 0 aliphatic carbocycles. The van der Waals surface area contributed by atoms with E-state index in [1.165, 1.54) is 0 Å². The van der Waals surface area contributed by atoms with Gasteiger partial charge in [0, 0.05) is 6.92 Å². The summed E-state index contributed by atoms with van der Waals surface area (Å²) in [5, 5.41) is 7.42. The molecule has 0 aliphatic rings. The summed E-state index contributed by atoms with van der Waals surface area (Å²) < 4.78 is 8.55. The van der Waals surface area contributed by atoms with E-state index in [0.29, 0.717) is 0 Å². The number of rotatable bonds is 0. The third-order valence-electron chi connectivity index (χ3n) is 0. The quantitative estimate of drug-likeness (QED) is 0.348. The van der Waals surface area contributed by atoms with E-state index in [9.17, 15) is 0 Å². The first kappa shape index (κ1) is 16.6. The fraction of sp³-hybridized carbons (Fsp3) is 0.500. The zero-order chi connectivity index (χ0) is 8.08. The second-order valence-electron chi connectivity index (χ2n) is 0.966. The molecule has 0 atom stereocenters. The number of carboxylic acids is 1. The molecule has 1 N–H and O–H groups in total. The van der Waals surface area contributed by atoms with Gasteiger partial charge in [0.1, 0.15) is 0 Å². The molecule has 0 heterocycles. The Bertz CT molecular complexity index is 115. The first-order valence-electron chi connectivity index (χ1n) is 1.66. The van der Waals surface area contributed by atoms with Crippen molar-refractivity contribution in [1.82, 2.24) is 0 Å². The molecule has 64 valence electrons. The molecule has 0 aromatic rings. The van der Waals surface area contributed by atoms with Crippen LogP contribution < -0.4 is 14.7 Å². The van der Waals surface area contributed by atoms with Crippen molar-refractivity contribution < 1.29 is 46.2 Å². The Kier molecular flexibility index (Phi) is 12.0. The van der Waals surface area contributed by atoms with E-state index < -0.39 is 13.8 Å². The summed E-state index contributed by atoms with van der Waals surface area (Å²) in [6.45, 7) is 1.08. The molecule has 0 bridgehead atoms. The summed E-state index contributed by atoms with van der Waals surface area (Å²) in [7, 11) is -5.39. The minimum atomic E-state index is -5.39. The molecular formula is C2H4CuO6P. The zero-order valence-electron chi connectivity index (χ0n) is 4.74. The molecule has 10 heavy (non-hydrogen) atoms. The normalized spacial score (nSPS) is 8.40. The van der Waals surface area contributed by atoms with Crippen LogP contribution in [0.25, 0.3) is 0 Å². The van der Waals surface area contributed by atoms with Crippen LogP contribution in [-0.2, 0) is 26.4 Å². The number of hydrogen-bond acceptors (Lipinski definition) is 5. The van der Waals surface area contributed by atoms with Gasteiger partial charge in [0.05, 0.1) is 0 Å². The van der Waals surface area contributed by atoms with Gasteiger partial charge in [-0.05, 0) is 0 Å². The first-order chi connectivity index (χ1) is 3.73. The predicted molar refractivity (Wildman–Crippen MR) is 20.9 cm³/mol. The Balaban J connectivity index is -0.0000000910. The van der Waals surface area contributed by atoms with Gasteiger partial charge < -0.3 is 24.4 Å². The molecular weight excluding hydrogens is 215 g/mol. The minimum absolute atomic E-state index is 0. The Hall–Kier alpha value is 0.0995. The van der Waals surface area contributed by atoms with E-state index in [-0.39, 0.29) is 17.1 Å². The Morgan fingerprint density at radius 2 is 1.40 bits per heavy atom. The molecule has 0 amide bonds. The molecule has 0 aromatic carbocycles. The second-order valence-corrected chi connectivity index (χ2v) is 1.86. The maximum absolute atomic E-state index is 9.00. The zero-order valence-corrected chi connectivity index (χ0v) is 6.57. The van der Waals surface area contributed by atoms with Crippen molar-refractivity contribution >= 4 is 13.8 Å². The topological polar surface area (TPSA) is 124 Å². The van der Waals surface area contributed by atoms with Gasteiger partial charge in [-0.2, -0.15) is 7.82 Å². The van der Waals surface area contributed by atoms with Crippen molar-refractivity contribution in [3.8, 4) is 0 Å². The smallest absolute Gasteiger partial charge is 0.822 e. The monoisotopic (exact) mass is 218 g/mol. The molecule has 0 unspecified atom stereocenters. The minimum Gasteiger partial charge on any atom is -0.822 e. The average molecular weight is 219 g/mol. The summed E-state index contributed by atoms with van der Waals surface area (Å²) in [6, 6.07) is 0. The third kappa shape index (κ3) is 41300. The van der Waals surface area contributed by atoms with Crippen molar-refractivity contribution in [2.24, 2.45) is 0 Å². The van der Waals surface area contributed by atoms with Gasteiger partial charge in [-0.1, -0.05) is 0 Å². The van der Waals surface area contributed by atoms with E-state index >= 15 is 0 Å². The second kappa shape index (κ2) is 7.21. The standard InChI is InChI=1S/C2H4O2.Cu.H3O4P/c1-2(3)4;;1-5(2,3)4/h1H3,(H,3,4);;(H3,1,2,3,4)/q;+3;/p-3. The van der Waals surface area contributed by atoms with Crippen molar-refractivity contribution in [1.29, 1.82) is 0 Å². The number of hydrogen-bond donors (Lipinski definition) is 1. The molecule has 0 fully saturated rings. The third-order valence-corrected chi connectivity index (χ3v) is 0. The fourth-order valence-corrected chi connectivity index (χ4v) is 0. The molecule has 0 saturated heterocycles. The van der Waals surface area contributed by atoms with Crippen LogP contribution in [0.3, 0.4) is 0 Å². The molecule has 0 saturated carbocycles. The molecule has 6 nitrogen and oxygen atoms in total. The van der Waals surface area contributed by atoms with Gasteiger partial charge in [-0.15, -0.1) is 0 Å². The number of phosphoric acid groups is 1. The van der Waals surface area contributed by atoms with Crippen LogP contribution in [0.2, 0.25) is 0 Å². The van der Waals surface area contributed by atoms with E-state index in [4.69, 9.17) is 29.1 Å². The molecule has 0 radical (unpaired) electrons. The summed E-state index contributed by atoms with van der Waals surface area (Å²) in [6.07, 6.45) is 0. The maximum atomic E-state index is 9.00. The number of aliphatic carboxylic acids is 1. The van der Waals surface area contributed by atoms with E-state index in [0.717, 1.165) is 6.92 Å². The van der Waals surface area contributed by atoms with Crippen LogP contribution in [-0.4, -0.2) is 11.1 Å². The van der Waals surface area contributed by atoms with Gasteiger partial charge in [-0.25, -0.2) is 0 Å². The van der Waals surface area contributed by atoms with Crippen LogP contribution in [0.1, 0.15) is 6.92 Å². The van der Waals surface area contributed by atoms with E-state index in [1.54, 1.807) is 0 Å². The number of carboxylic acid groups (broad SMARTS) is 1. The van der Waals surface area contributed by atoms with Crippen LogP contribution in [0, 0.1) is 0 Å². The van der Waals surface area contributed by atoms with Crippen molar-refractivity contribution in [3.63, 3.8) is 0 Å². The van der Waals surface area contributed by atoms with Gasteiger partial charge in [-0.3, -0.25) is 4.79 Å². The Labute approximate surface area is 67.6 Å². The van der Waals surface area contributed by atoms with Crippen molar-refractivity contribution in [2.45, 2.75) is 6.92 Å². The summed E-state index contributed by atoms with van der Waals surface area (Å²) in [5.41, 5.74) is 0. The number of carbonyl (C=O) groups is 1. The van der Waals surface area contributed by atoms with Crippen LogP contribution in [0.15, 0.2) is 0 Å². The van der Waals surface area contributed by atoms with Gasteiger partial charge >= 0.3 is 17.1 Å². The van der Waals surface area contributed by atoms with Gasteiger partial charge in [0.15, 0.2) is 0 Å². The van der Waals surface area contributed by atoms with Crippen molar-refractivity contribution in [3.05, 3.63) is 0 Å². The largest absolute Gasteiger partial charge is 3.00 e. The summed E-state index contributed by atoms with van der Waals surface area (Å²) >= 11 is 0. The van der Waals surface area contributed by atoms with E-state index in [2.05, 4.69) is 0 Å². The fourth-order valence-electron chi connectivity index (χ4n) is 0. The average Bonchev–Trinajstić information content (AvgIpc) is 1.19. The first-order valence-corrected chi connectivity index (χ1v) is 3.12. The molecule has 8 heteroatoms.